The summed E-state index contributed by atoms with van der Waals surface area (Å²) in [6, 6.07) is 0. The third-order valence-corrected chi connectivity index (χ3v) is 6.09. The summed E-state index contributed by atoms with van der Waals surface area (Å²) in [5.41, 5.74) is 0. The fourth-order valence-electron chi connectivity index (χ4n) is 4.57. The number of likely N-dealkylation sites (tertiary alicyclic amines) is 1. The molecule has 1 aliphatic heterocycles. The minimum Gasteiger partial charge on any atom is -0.379 e. The Morgan fingerprint density at radius 1 is 1.19 bits per heavy atom. The number of guanidine groups is 1. The molecular weight excluding hydrogens is 344 g/mol. The van der Waals surface area contributed by atoms with E-state index < -0.39 is 0 Å². The Morgan fingerprint density at radius 3 is 2.52 bits per heavy atom. The molecule has 2 N–H and O–H groups in total. The fraction of sp³-hybridized carbons (Fsp3) is 0.750. The predicted octanol–water partition coefficient (Wildman–Crippen LogP) is 0.775. The molecule has 0 aromatic rings. The summed E-state index contributed by atoms with van der Waals surface area (Å²) in [4.78, 5) is 31.3. The zero-order valence-electron chi connectivity index (χ0n) is 16.0. The average Bonchev–Trinajstić information content (AvgIpc) is 3.16. The van der Waals surface area contributed by atoms with Crippen LogP contribution in [0.15, 0.2) is 17.1 Å². The van der Waals surface area contributed by atoms with Gasteiger partial charge < -0.3 is 15.4 Å². The molecule has 4 atom stereocenters. The molecule has 1 heterocycles. The lowest BCUT2D eigenvalue weighted by Gasteiger charge is -2.18. The number of carbonyl (C=O) groups is 2. The van der Waals surface area contributed by atoms with Crippen LogP contribution in [-0.2, 0) is 14.3 Å². The summed E-state index contributed by atoms with van der Waals surface area (Å²) in [6.07, 6.45) is 7.81. The Bertz CT molecular complexity index is 613. The van der Waals surface area contributed by atoms with E-state index in [-0.39, 0.29) is 35.5 Å². The second-order valence-corrected chi connectivity index (χ2v) is 8.03. The van der Waals surface area contributed by atoms with Crippen molar-refractivity contribution in [2.75, 3.05) is 39.4 Å². The van der Waals surface area contributed by atoms with Crippen molar-refractivity contribution in [2.24, 2.45) is 34.6 Å². The number of imide groups is 1. The van der Waals surface area contributed by atoms with Gasteiger partial charge in [-0.25, -0.2) is 0 Å². The first-order valence-corrected chi connectivity index (χ1v) is 10.3. The number of rotatable bonds is 9. The first-order valence-electron chi connectivity index (χ1n) is 10.3. The molecule has 27 heavy (non-hydrogen) atoms. The van der Waals surface area contributed by atoms with Gasteiger partial charge in [-0.3, -0.25) is 19.5 Å². The predicted molar refractivity (Wildman–Crippen MR) is 102 cm³/mol. The van der Waals surface area contributed by atoms with Crippen LogP contribution in [-0.4, -0.2) is 62.1 Å². The number of ether oxygens (including phenoxy) is 1. The quantitative estimate of drug-likeness (QED) is 0.205. The molecule has 4 rings (SSSR count). The normalized spacial score (nSPS) is 31.7. The molecule has 0 aromatic heterocycles. The average molecular weight is 374 g/mol. The van der Waals surface area contributed by atoms with Gasteiger partial charge in [-0.1, -0.05) is 12.2 Å². The molecule has 7 heteroatoms. The molecule has 2 saturated carbocycles. The Kier molecular flexibility index (Phi) is 5.48. The SMILES string of the molecule is CCNC(=NCCOCC1CC1)NCCN1C(=O)C2C3C=CC(C3)C2C1=O. The summed E-state index contributed by atoms with van der Waals surface area (Å²) < 4.78 is 5.60. The number of allylic oxidation sites excluding steroid dienone is 2. The van der Waals surface area contributed by atoms with Crippen LogP contribution in [0.2, 0.25) is 0 Å². The lowest BCUT2D eigenvalue weighted by atomic mass is 9.85. The number of hydrogen-bond acceptors (Lipinski definition) is 4. The maximum atomic E-state index is 12.7. The van der Waals surface area contributed by atoms with E-state index in [1.165, 1.54) is 17.7 Å². The highest BCUT2D eigenvalue weighted by Gasteiger charge is 2.58. The van der Waals surface area contributed by atoms with E-state index in [4.69, 9.17) is 4.74 Å². The van der Waals surface area contributed by atoms with Crippen molar-refractivity contribution < 1.29 is 14.3 Å². The highest BCUT2D eigenvalue weighted by molar-refractivity contribution is 6.06. The van der Waals surface area contributed by atoms with Crippen LogP contribution >= 0.6 is 0 Å². The molecule has 7 nitrogen and oxygen atoms in total. The van der Waals surface area contributed by atoms with E-state index in [0.717, 1.165) is 25.5 Å². The fourth-order valence-corrected chi connectivity index (χ4v) is 4.57. The Morgan fingerprint density at radius 2 is 1.89 bits per heavy atom. The Balaban J connectivity index is 1.22. The summed E-state index contributed by atoms with van der Waals surface area (Å²) in [6.45, 7) is 5.74. The van der Waals surface area contributed by atoms with Gasteiger partial charge in [-0.15, -0.1) is 0 Å². The lowest BCUT2D eigenvalue weighted by Crippen LogP contribution is -2.43. The summed E-state index contributed by atoms with van der Waals surface area (Å²) in [7, 11) is 0. The van der Waals surface area contributed by atoms with Crippen molar-refractivity contribution in [2.45, 2.75) is 26.2 Å². The second kappa shape index (κ2) is 8.00. The maximum absolute atomic E-state index is 12.7. The van der Waals surface area contributed by atoms with E-state index in [0.29, 0.717) is 32.2 Å². The van der Waals surface area contributed by atoms with E-state index in [2.05, 4.69) is 27.8 Å². The molecule has 0 spiro atoms. The van der Waals surface area contributed by atoms with Crippen molar-refractivity contribution in [1.29, 1.82) is 0 Å². The van der Waals surface area contributed by atoms with Crippen LogP contribution in [0.1, 0.15) is 26.2 Å². The molecule has 1 saturated heterocycles. The van der Waals surface area contributed by atoms with Crippen LogP contribution in [0, 0.1) is 29.6 Å². The van der Waals surface area contributed by atoms with Gasteiger partial charge in [0.25, 0.3) is 0 Å². The second-order valence-electron chi connectivity index (χ2n) is 8.03. The number of amides is 2. The molecule has 3 fully saturated rings. The Labute approximate surface area is 160 Å². The van der Waals surface area contributed by atoms with Gasteiger partial charge in [0.15, 0.2) is 5.96 Å². The van der Waals surface area contributed by atoms with Crippen molar-refractivity contribution >= 4 is 17.8 Å². The number of nitrogens with zero attached hydrogens (tertiary/aromatic N) is 2. The first-order chi connectivity index (χ1) is 13.2. The summed E-state index contributed by atoms with van der Waals surface area (Å²) in [5, 5.41) is 6.42. The molecule has 0 radical (unpaired) electrons. The van der Waals surface area contributed by atoms with Gasteiger partial charge in [-0.05, 0) is 43.9 Å². The number of fused-ring (bicyclic) bond motifs is 5. The lowest BCUT2D eigenvalue weighted by molar-refractivity contribution is -0.140. The van der Waals surface area contributed by atoms with E-state index >= 15 is 0 Å². The minimum atomic E-state index is -0.113. The van der Waals surface area contributed by atoms with Gasteiger partial charge in [0.2, 0.25) is 11.8 Å². The number of hydrogen-bond donors (Lipinski definition) is 2. The van der Waals surface area contributed by atoms with Crippen LogP contribution in [0.4, 0.5) is 0 Å². The highest BCUT2D eigenvalue weighted by Crippen LogP contribution is 2.52. The largest absolute Gasteiger partial charge is 0.379 e. The zero-order valence-corrected chi connectivity index (χ0v) is 16.0. The number of nitrogens with one attached hydrogen (secondary N) is 2. The first kappa shape index (κ1) is 18.5. The van der Waals surface area contributed by atoms with Gasteiger partial charge in [0, 0.05) is 26.2 Å². The van der Waals surface area contributed by atoms with E-state index in [1.807, 2.05) is 6.92 Å². The van der Waals surface area contributed by atoms with Crippen molar-refractivity contribution in [3.8, 4) is 0 Å². The molecule has 2 bridgehead atoms. The minimum absolute atomic E-state index is 0.0130. The molecule has 148 valence electrons. The Hall–Kier alpha value is -1.89. The highest BCUT2D eigenvalue weighted by atomic mass is 16.5. The number of aliphatic imine (C=N–C) groups is 1. The topological polar surface area (TPSA) is 83.0 Å². The van der Waals surface area contributed by atoms with Crippen LogP contribution < -0.4 is 10.6 Å². The smallest absolute Gasteiger partial charge is 0.233 e. The van der Waals surface area contributed by atoms with Crippen LogP contribution in [0.3, 0.4) is 0 Å². The molecule has 2 amide bonds. The number of carbonyl (C=O) groups excluding carboxylic acids is 2. The molecule has 4 aliphatic rings. The van der Waals surface area contributed by atoms with Crippen LogP contribution in [0.25, 0.3) is 0 Å². The molecule has 4 unspecified atom stereocenters. The standard InChI is InChI=1S/C20H30N4O3/c1-2-21-20(23-8-10-27-12-13-3-4-13)22-7-9-24-18(25)16-14-5-6-15(11-14)17(16)19(24)26/h5-6,13-17H,2-4,7-12H2,1H3,(H2,21,22,23). The summed E-state index contributed by atoms with van der Waals surface area (Å²) in [5.74, 6) is 1.80. The van der Waals surface area contributed by atoms with Gasteiger partial charge in [0.1, 0.15) is 0 Å². The van der Waals surface area contributed by atoms with Crippen molar-refractivity contribution in [3.63, 3.8) is 0 Å². The monoisotopic (exact) mass is 374 g/mol. The molecular formula is C20H30N4O3. The molecule has 0 aromatic carbocycles. The van der Waals surface area contributed by atoms with Gasteiger partial charge >= 0.3 is 0 Å². The van der Waals surface area contributed by atoms with E-state index in [9.17, 15) is 9.59 Å². The van der Waals surface area contributed by atoms with E-state index in [1.54, 1.807) is 0 Å². The third-order valence-electron chi connectivity index (χ3n) is 6.09. The van der Waals surface area contributed by atoms with Crippen molar-refractivity contribution in [1.82, 2.24) is 15.5 Å². The third kappa shape index (κ3) is 3.88. The van der Waals surface area contributed by atoms with Gasteiger partial charge in [-0.2, -0.15) is 0 Å². The molecule has 3 aliphatic carbocycles. The van der Waals surface area contributed by atoms with Gasteiger partial charge in [0.05, 0.1) is 25.0 Å². The zero-order chi connectivity index (χ0) is 18.8. The summed E-state index contributed by atoms with van der Waals surface area (Å²) >= 11 is 0. The maximum Gasteiger partial charge on any atom is 0.233 e. The van der Waals surface area contributed by atoms with Crippen molar-refractivity contribution in [3.05, 3.63) is 12.2 Å². The van der Waals surface area contributed by atoms with Crippen LogP contribution in [0.5, 0.6) is 0 Å².